The van der Waals surface area contributed by atoms with Gasteiger partial charge in [0.1, 0.15) is 0 Å². The number of nitrogens with one attached hydrogen (secondary N) is 1. The molecular weight excluding hydrogens is 450 g/mol. The van der Waals surface area contributed by atoms with Gasteiger partial charge in [0.05, 0.1) is 29.0 Å². The van der Waals surface area contributed by atoms with Gasteiger partial charge in [0.15, 0.2) is 5.16 Å². The third-order valence-electron chi connectivity index (χ3n) is 4.98. The number of rotatable bonds is 7. The molecule has 1 atom stereocenters. The minimum absolute atomic E-state index is 0.123. The molecule has 32 heavy (non-hydrogen) atoms. The molecule has 9 heteroatoms. The molecule has 2 amide bonds. The molecule has 7 nitrogen and oxygen atoms in total. The fraction of sp³-hybridized carbons (Fsp3) is 0.304. The van der Waals surface area contributed by atoms with Crippen LogP contribution in [0.2, 0.25) is 5.02 Å². The summed E-state index contributed by atoms with van der Waals surface area (Å²) < 4.78 is 6.19. The maximum Gasteiger partial charge on any atom is 0.413 e. The fourth-order valence-electron chi connectivity index (χ4n) is 3.10. The minimum Gasteiger partial charge on any atom is -0.450 e. The number of aromatic nitrogens is 2. The summed E-state index contributed by atoms with van der Waals surface area (Å²) in [5.41, 5.74) is 1.98. The quantitative estimate of drug-likeness (QED) is 0.387. The van der Waals surface area contributed by atoms with Crippen LogP contribution in [0.15, 0.2) is 52.4 Å². The van der Waals surface area contributed by atoms with Crippen molar-refractivity contribution in [3.63, 3.8) is 0 Å². The Morgan fingerprint density at radius 1 is 1.19 bits per heavy atom. The highest BCUT2D eigenvalue weighted by molar-refractivity contribution is 7.99. The zero-order chi connectivity index (χ0) is 23.3. The van der Waals surface area contributed by atoms with Gasteiger partial charge in [-0.15, -0.1) is 0 Å². The number of ether oxygens (including phenoxy) is 1. The zero-order valence-corrected chi connectivity index (χ0v) is 19.6. The molecule has 0 fully saturated rings. The number of hydrogen-bond acceptors (Lipinski definition) is 6. The number of benzene rings is 2. The number of fused-ring (bicyclic) bond motifs is 1. The maximum atomic E-state index is 13.3. The van der Waals surface area contributed by atoms with Crippen molar-refractivity contribution in [2.75, 3.05) is 12.4 Å². The number of halogens is 1. The molecule has 0 saturated carbocycles. The van der Waals surface area contributed by atoms with Gasteiger partial charge in [-0.3, -0.25) is 19.5 Å². The second kappa shape index (κ2) is 10.7. The summed E-state index contributed by atoms with van der Waals surface area (Å²) in [6.45, 7) is 6.07. The summed E-state index contributed by atoms with van der Waals surface area (Å²) in [5.74, 6) is -0.270. The lowest BCUT2D eigenvalue weighted by Gasteiger charge is -2.15. The van der Waals surface area contributed by atoms with Gasteiger partial charge < -0.3 is 4.74 Å². The standard InChI is InChI=1S/C23H24ClN3O4S/c1-4-14(3)15-6-9-17(10-7-15)27-21(29)18-11-8-16(24)12-19(18)25-22(27)32-13-20(28)26-23(30)31-5-2/h6-12,14H,4-5,13H2,1-3H3,(H,26,28,30). The first-order valence-corrected chi connectivity index (χ1v) is 11.6. The first-order valence-electron chi connectivity index (χ1n) is 10.3. The smallest absolute Gasteiger partial charge is 0.413 e. The van der Waals surface area contributed by atoms with Crippen molar-refractivity contribution in [1.29, 1.82) is 0 Å². The first kappa shape index (κ1) is 23.8. The Kier molecular flexibility index (Phi) is 7.93. The molecule has 1 aromatic heterocycles. The molecular formula is C23H24ClN3O4S. The van der Waals surface area contributed by atoms with E-state index in [4.69, 9.17) is 16.3 Å². The number of nitrogens with zero attached hydrogens (tertiary/aromatic N) is 2. The van der Waals surface area contributed by atoms with E-state index in [1.54, 1.807) is 25.1 Å². The highest BCUT2D eigenvalue weighted by Crippen LogP contribution is 2.25. The normalized spacial score (nSPS) is 11.9. The number of thioether (sulfide) groups is 1. The molecule has 0 aliphatic heterocycles. The van der Waals surface area contributed by atoms with Gasteiger partial charge in [-0.05, 0) is 55.2 Å². The lowest BCUT2D eigenvalue weighted by atomic mass is 9.98. The summed E-state index contributed by atoms with van der Waals surface area (Å²) in [5, 5.41) is 3.33. The predicted octanol–water partition coefficient (Wildman–Crippen LogP) is 4.92. The molecule has 0 saturated heterocycles. The van der Waals surface area contributed by atoms with Crippen molar-refractivity contribution in [3.8, 4) is 5.69 Å². The van der Waals surface area contributed by atoms with Crippen molar-refractivity contribution >= 4 is 46.3 Å². The maximum absolute atomic E-state index is 13.3. The number of alkyl carbamates (subject to hydrolysis) is 1. The molecule has 0 spiro atoms. The van der Waals surface area contributed by atoms with Gasteiger partial charge in [0, 0.05) is 5.02 Å². The number of amides is 2. The van der Waals surface area contributed by atoms with E-state index in [0.717, 1.165) is 18.2 Å². The second-order valence-electron chi connectivity index (χ2n) is 7.15. The number of hydrogen-bond donors (Lipinski definition) is 1. The van der Waals surface area contributed by atoms with Gasteiger partial charge in [-0.1, -0.05) is 49.3 Å². The van der Waals surface area contributed by atoms with Crippen LogP contribution in [0, 0.1) is 0 Å². The molecule has 2 aromatic carbocycles. The lowest BCUT2D eigenvalue weighted by Crippen LogP contribution is -2.32. The molecule has 0 aliphatic rings. The molecule has 1 heterocycles. The van der Waals surface area contributed by atoms with E-state index >= 15 is 0 Å². The average molecular weight is 474 g/mol. The molecule has 0 aliphatic carbocycles. The van der Waals surface area contributed by atoms with Crippen molar-refractivity contribution in [1.82, 2.24) is 14.9 Å². The van der Waals surface area contributed by atoms with E-state index in [2.05, 4.69) is 24.1 Å². The van der Waals surface area contributed by atoms with Crippen LogP contribution < -0.4 is 10.9 Å². The van der Waals surface area contributed by atoms with E-state index < -0.39 is 12.0 Å². The Morgan fingerprint density at radius 3 is 2.56 bits per heavy atom. The second-order valence-corrected chi connectivity index (χ2v) is 8.53. The Hall–Kier alpha value is -2.84. The summed E-state index contributed by atoms with van der Waals surface area (Å²) in [6, 6.07) is 12.6. The molecule has 3 rings (SSSR count). The highest BCUT2D eigenvalue weighted by Gasteiger charge is 2.17. The monoisotopic (exact) mass is 473 g/mol. The van der Waals surface area contributed by atoms with Gasteiger partial charge in [-0.2, -0.15) is 0 Å². The van der Waals surface area contributed by atoms with Crippen molar-refractivity contribution in [2.24, 2.45) is 0 Å². The SMILES string of the molecule is CCOC(=O)NC(=O)CSc1nc2cc(Cl)ccc2c(=O)n1-c1ccc(C(C)CC)cc1. The summed E-state index contributed by atoms with van der Waals surface area (Å²) in [6.07, 6.45) is 0.197. The molecule has 0 radical (unpaired) electrons. The van der Waals surface area contributed by atoms with Crippen LogP contribution >= 0.6 is 23.4 Å². The van der Waals surface area contributed by atoms with Crippen molar-refractivity contribution in [3.05, 3.63) is 63.4 Å². The predicted molar refractivity (Wildman–Crippen MR) is 127 cm³/mol. The third kappa shape index (κ3) is 5.49. The largest absolute Gasteiger partial charge is 0.450 e. The first-order chi connectivity index (χ1) is 15.3. The number of imide groups is 1. The third-order valence-corrected chi connectivity index (χ3v) is 6.16. The highest BCUT2D eigenvalue weighted by atomic mass is 35.5. The molecule has 0 bridgehead atoms. The Balaban J connectivity index is 2.00. The lowest BCUT2D eigenvalue weighted by molar-refractivity contribution is -0.117. The molecule has 168 valence electrons. The van der Waals surface area contributed by atoms with Crippen LogP contribution in [0.3, 0.4) is 0 Å². The summed E-state index contributed by atoms with van der Waals surface area (Å²) in [4.78, 5) is 41.5. The van der Waals surface area contributed by atoms with Gasteiger partial charge in [0.2, 0.25) is 5.91 Å². The Bertz CT molecular complexity index is 1190. The minimum atomic E-state index is -0.811. The fourth-order valence-corrected chi connectivity index (χ4v) is 4.08. The zero-order valence-electron chi connectivity index (χ0n) is 18.1. The molecule has 1 unspecified atom stereocenters. The van der Waals surface area contributed by atoms with Crippen LogP contribution in [0.5, 0.6) is 0 Å². The van der Waals surface area contributed by atoms with Crippen LogP contribution in [0.1, 0.15) is 38.7 Å². The number of carbonyl (C=O) groups excluding carboxylic acids is 2. The van der Waals surface area contributed by atoms with E-state index in [1.165, 1.54) is 10.1 Å². The summed E-state index contributed by atoms with van der Waals surface area (Å²) in [7, 11) is 0. The number of carbonyl (C=O) groups is 2. The van der Waals surface area contributed by atoms with Crippen LogP contribution in [0.25, 0.3) is 16.6 Å². The van der Waals surface area contributed by atoms with Gasteiger partial charge >= 0.3 is 6.09 Å². The molecule has 1 N–H and O–H groups in total. The van der Waals surface area contributed by atoms with E-state index in [0.29, 0.717) is 32.7 Å². The Labute approximate surface area is 195 Å². The van der Waals surface area contributed by atoms with E-state index in [-0.39, 0.29) is 17.9 Å². The van der Waals surface area contributed by atoms with Crippen LogP contribution in [0.4, 0.5) is 4.79 Å². The average Bonchev–Trinajstić information content (AvgIpc) is 2.77. The van der Waals surface area contributed by atoms with E-state index in [1.807, 2.05) is 24.3 Å². The topological polar surface area (TPSA) is 90.3 Å². The Morgan fingerprint density at radius 2 is 1.91 bits per heavy atom. The van der Waals surface area contributed by atoms with Gasteiger partial charge in [0.25, 0.3) is 5.56 Å². The van der Waals surface area contributed by atoms with Gasteiger partial charge in [-0.25, -0.2) is 9.78 Å². The van der Waals surface area contributed by atoms with Crippen LogP contribution in [-0.2, 0) is 9.53 Å². The van der Waals surface area contributed by atoms with Crippen molar-refractivity contribution < 1.29 is 14.3 Å². The van der Waals surface area contributed by atoms with Crippen molar-refractivity contribution in [2.45, 2.75) is 38.3 Å². The van der Waals surface area contributed by atoms with Crippen LogP contribution in [-0.4, -0.2) is 33.9 Å². The molecule has 3 aromatic rings. The summed E-state index contributed by atoms with van der Waals surface area (Å²) >= 11 is 7.13. The van der Waals surface area contributed by atoms with E-state index in [9.17, 15) is 14.4 Å².